The maximum absolute atomic E-state index is 9.95. The van der Waals surface area contributed by atoms with E-state index in [1.165, 1.54) is 6.42 Å². The molecule has 4 rings (SSSR count). The van der Waals surface area contributed by atoms with Crippen molar-refractivity contribution in [2.45, 2.75) is 45.1 Å². The quantitative estimate of drug-likeness (QED) is 0.852. The first kappa shape index (κ1) is 15.8. The summed E-state index contributed by atoms with van der Waals surface area (Å²) in [6.45, 7) is 3.95. The predicted octanol–water partition coefficient (Wildman–Crippen LogP) is 1.21. The van der Waals surface area contributed by atoms with Crippen molar-refractivity contribution in [3.8, 4) is 11.9 Å². The van der Waals surface area contributed by atoms with Crippen molar-refractivity contribution < 1.29 is 14.7 Å². The molecular weight excluding hydrogens is 316 g/mol. The molecule has 7 nitrogen and oxygen atoms in total. The van der Waals surface area contributed by atoms with E-state index in [4.69, 9.17) is 16.2 Å². The standard InChI is InChI=1S/C18H22N6O/c1-2-10-8-11-13-12(9-19)17(24-6-4-3-5-7-24)22-15(20)14(13)16(21)23-18(11)25-10/h10H,2-8H2,1H3,(H2,20,22)(H2,21,23)/p+2/t10-/m0/s1. The van der Waals surface area contributed by atoms with Crippen LogP contribution in [0.3, 0.4) is 0 Å². The lowest BCUT2D eigenvalue weighted by Gasteiger charge is -2.24. The van der Waals surface area contributed by atoms with Crippen LogP contribution in [0.1, 0.15) is 43.7 Å². The maximum atomic E-state index is 9.95. The number of rotatable bonds is 2. The fourth-order valence-corrected chi connectivity index (χ4v) is 4.01. The van der Waals surface area contributed by atoms with Crippen molar-refractivity contribution in [1.82, 2.24) is 0 Å². The van der Waals surface area contributed by atoms with E-state index in [1.54, 1.807) is 0 Å². The van der Waals surface area contributed by atoms with Gasteiger partial charge in [0.05, 0.1) is 18.7 Å². The molecule has 6 N–H and O–H groups in total. The molecule has 25 heavy (non-hydrogen) atoms. The van der Waals surface area contributed by atoms with E-state index < -0.39 is 0 Å². The molecule has 2 aliphatic heterocycles. The average molecular weight is 340 g/mol. The lowest BCUT2D eigenvalue weighted by Crippen LogP contribution is -2.36. The Morgan fingerprint density at radius 2 is 1.88 bits per heavy atom. The van der Waals surface area contributed by atoms with Crippen LogP contribution in [0.5, 0.6) is 5.88 Å². The van der Waals surface area contributed by atoms with Crippen molar-refractivity contribution in [2.24, 2.45) is 0 Å². The molecule has 1 atom stereocenters. The first-order valence-electron chi connectivity index (χ1n) is 8.97. The van der Waals surface area contributed by atoms with E-state index in [9.17, 15) is 5.26 Å². The highest BCUT2D eigenvalue weighted by atomic mass is 16.5. The molecular formula is C18H24N6O+2. The summed E-state index contributed by atoms with van der Waals surface area (Å²) in [4.78, 5) is 8.58. The highest BCUT2D eigenvalue weighted by Gasteiger charge is 2.34. The zero-order valence-corrected chi connectivity index (χ0v) is 14.5. The fraction of sp³-hybridized carbons (Fsp3) is 0.500. The van der Waals surface area contributed by atoms with Gasteiger partial charge >= 0.3 is 0 Å². The molecule has 0 spiro atoms. The van der Waals surface area contributed by atoms with Gasteiger partial charge in [-0.25, -0.2) is 9.97 Å². The summed E-state index contributed by atoms with van der Waals surface area (Å²) in [7, 11) is 0. The Morgan fingerprint density at radius 3 is 2.56 bits per heavy atom. The molecule has 0 aromatic carbocycles. The Bertz CT molecular complexity index is 882. The summed E-state index contributed by atoms with van der Waals surface area (Å²) in [5.41, 5.74) is 14.1. The number of fused-ring (bicyclic) bond motifs is 3. The normalized spacial score (nSPS) is 19.5. The predicted molar refractivity (Wildman–Crippen MR) is 95.1 cm³/mol. The van der Waals surface area contributed by atoms with E-state index in [1.807, 2.05) is 0 Å². The van der Waals surface area contributed by atoms with Crippen LogP contribution in [-0.4, -0.2) is 19.2 Å². The van der Waals surface area contributed by atoms with Crippen LogP contribution in [0.4, 0.5) is 17.5 Å². The number of ether oxygens (including phenoxy) is 1. The third-order valence-corrected chi connectivity index (χ3v) is 5.31. The Hall–Kier alpha value is -2.75. The van der Waals surface area contributed by atoms with Gasteiger partial charge in [0.2, 0.25) is 11.6 Å². The topological polar surface area (TPSA) is 117 Å². The molecule has 1 saturated heterocycles. The first-order valence-corrected chi connectivity index (χ1v) is 8.97. The minimum atomic E-state index is 0.103. The number of H-pyrrole nitrogens is 2. The van der Waals surface area contributed by atoms with Gasteiger partial charge in [-0.3, -0.25) is 10.6 Å². The van der Waals surface area contributed by atoms with Gasteiger partial charge in [-0.15, -0.1) is 0 Å². The van der Waals surface area contributed by atoms with Crippen LogP contribution >= 0.6 is 0 Å². The van der Waals surface area contributed by atoms with Crippen molar-refractivity contribution in [1.29, 1.82) is 5.26 Å². The lowest BCUT2D eigenvalue weighted by molar-refractivity contribution is -0.376. The van der Waals surface area contributed by atoms with Crippen molar-refractivity contribution in [3.63, 3.8) is 0 Å². The number of nitrogen functional groups attached to an aromatic ring is 2. The van der Waals surface area contributed by atoms with Gasteiger partial charge in [0.15, 0.2) is 0 Å². The first-order chi connectivity index (χ1) is 12.1. The highest BCUT2D eigenvalue weighted by Crippen LogP contribution is 2.39. The highest BCUT2D eigenvalue weighted by molar-refractivity contribution is 6.03. The van der Waals surface area contributed by atoms with Crippen molar-refractivity contribution >= 4 is 28.2 Å². The molecule has 0 saturated carbocycles. The molecule has 2 aliphatic rings. The molecule has 2 aromatic heterocycles. The van der Waals surface area contributed by atoms with E-state index in [0.29, 0.717) is 28.5 Å². The smallest absolute Gasteiger partial charge is 0.287 e. The Morgan fingerprint density at radius 1 is 1.16 bits per heavy atom. The molecule has 0 aliphatic carbocycles. The second kappa shape index (κ2) is 5.96. The fourth-order valence-electron chi connectivity index (χ4n) is 4.01. The molecule has 0 radical (unpaired) electrons. The largest absolute Gasteiger partial charge is 0.458 e. The van der Waals surface area contributed by atoms with Gasteiger partial charge in [0, 0.05) is 11.8 Å². The van der Waals surface area contributed by atoms with Gasteiger partial charge in [-0.2, -0.15) is 5.26 Å². The van der Waals surface area contributed by atoms with E-state index >= 15 is 0 Å². The zero-order chi connectivity index (χ0) is 17.6. The number of nitriles is 1. The molecule has 4 heterocycles. The Labute approximate surface area is 146 Å². The third kappa shape index (κ3) is 2.40. The molecule has 7 heteroatoms. The summed E-state index contributed by atoms with van der Waals surface area (Å²) in [5.74, 6) is 2.40. The number of nitrogens with two attached hydrogens (primary N) is 2. The summed E-state index contributed by atoms with van der Waals surface area (Å²) in [5, 5.41) is 11.5. The number of anilines is 3. The number of hydrogen-bond acceptors (Lipinski definition) is 5. The summed E-state index contributed by atoms with van der Waals surface area (Å²) in [6.07, 6.45) is 5.24. The van der Waals surface area contributed by atoms with Gasteiger partial charge in [0.25, 0.3) is 11.7 Å². The monoisotopic (exact) mass is 340 g/mol. The van der Waals surface area contributed by atoms with E-state index in [0.717, 1.165) is 55.5 Å². The molecule has 0 unspecified atom stereocenters. The van der Waals surface area contributed by atoms with Gasteiger partial charge in [-0.1, -0.05) is 6.92 Å². The second-order valence-corrected chi connectivity index (χ2v) is 6.87. The molecule has 1 fully saturated rings. The molecule has 0 bridgehead atoms. The van der Waals surface area contributed by atoms with E-state index in [-0.39, 0.29) is 6.10 Å². The van der Waals surface area contributed by atoms with Crippen LogP contribution in [-0.2, 0) is 6.42 Å². The number of aromatic amines is 2. The minimum absolute atomic E-state index is 0.103. The lowest BCUT2D eigenvalue weighted by atomic mass is 9.98. The number of piperidine rings is 1. The van der Waals surface area contributed by atoms with Crippen LogP contribution in [0.25, 0.3) is 10.8 Å². The molecule has 2 aromatic rings. The maximum Gasteiger partial charge on any atom is 0.287 e. The van der Waals surface area contributed by atoms with Crippen LogP contribution in [0.15, 0.2) is 0 Å². The van der Waals surface area contributed by atoms with Crippen LogP contribution in [0, 0.1) is 11.3 Å². The summed E-state index contributed by atoms with van der Waals surface area (Å²) >= 11 is 0. The van der Waals surface area contributed by atoms with Gasteiger partial charge in [-0.05, 0) is 25.7 Å². The van der Waals surface area contributed by atoms with Gasteiger partial charge in [0.1, 0.15) is 23.1 Å². The minimum Gasteiger partial charge on any atom is -0.458 e. The summed E-state index contributed by atoms with van der Waals surface area (Å²) in [6, 6.07) is 2.40. The van der Waals surface area contributed by atoms with Gasteiger partial charge < -0.3 is 10.5 Å². The van der Waals surface area contributed by atoms with Crippen LogP contribution < -0.4 is 31.1 Å². The number of nitrogens with one attached hydrogen (secondary N) is 2. The number of aromatic nitrogens is 2. The van der Waals surface area contributed by atoms with E-state index in [2.05, 4.69) is 27.9 Å². The Kier molecular flexibility index (Phi) is 3.75. The number of hydrogen-bond donors (Lipinski definition) is 2. The average Bonchev–Trinajstić information content (AvgIpc) is 3.05. The zero-order valence-electron chi connectivity index (χ0n) is 14.5. The Balaban J connectivity index is 2.00. The SMILES string of the molecule is CC[C@H]1Cc2c([nH+]c(N)c3c(N)[nH+]c(N4CCCCC4)c(C#N)c23)O1. The number of pyridine rings is 2. The number of nitrogens with zero attached hydrogens (tertiary/aromatic N) is 2. The summed E-state index contributed by atoms with van der Waals surface area (Å²) < 4.78 is 5.96. The van der Waals surface area contributed by atoms with Crippen molar-refractivity contribution in [3.05, 3.63) is 11.1 Å². The second-order valence-electron chi connectivity index (χ2n) is 6.87. The van der Waals surface area contributed by atoms with Crippen molar-refractivity contribution in [2.75, 3.05) is 29.5 Å². The third-order valence-electron chi connectivity index (χ3n) is 5.31. The van der Waals surface area contributed by atoms with Crippen LogP contribution in [0.2, 0.25) is 0 Å². The molecule has 130 valence electrons. The molecule has 0 amide bonds.